The van der Waals surface area contributed by atoms with E-state index in [9.17, 15) is 4.79 Å². The number of carbonyl (C=O) groups excluding carboxylic acids is 1. The number of rotatable bonds is 5. The van der Waals surface area contributed by atoms with Crippen molar-refractivity contribution in [3.8, 4) is 0 Å². The molecule has 2 aromatic heterocycles. The fourth-order valence-corrected chi connectivity index (χ4v) is 2.79. The molecule has 2 heterocycles. The van der Waals surface area contributed by atoms with E-state index in [0.717, 1.165) is 42.2 Å². The van der Waals surface area contributed by atoms with Gasteiger partial charge in [0.15, 0.2) is 6.29 Å². The first-order valence-corrected chi connectivity index (χ1v) is 7.29. The summed E-state index contributed by atoms with van der Waals surface area (Å²) in [5.74, 6) is 0. The van der Waals surface area contributed by atoms with Crippen LogP contribution in [0.2, 0.25) is 0 Å². The lowest BCUT2D eigenvalue weighted by atomic mass is 9.98. The highest BCUT2D eigenvalue weighted by Crippen LogP contribution is 2.19. The molecule has 1 aromatic carbocycles. The summed E-state index contributed by atoms with van der Waals surface area (Å²) >= 11 is 0. The van der Waals surface area contributed by atoms with Gasteiger partial charge in [0.05, 0.1) is 0 Å². The van der Waals surface area contributed by atoms with Gasteiger partial charge in [0.25, 0.3) is 0 Å². The molecular weight excluding hydrogens is 260 g/mol. The summed E-state index contributed by atoms with van der Waals surface area (Å²) in [4.78, 5) is 18.8. The quantitative estimate of drug-likeness (QED) is 0.723. The van der Waals surface area contributed by atoms with Crippen LogP contribution in [0.5, 0.6) is 0 Å². The van der Waals surface area contributed by atoms with Gasteiger partial charge in [0.1, 0.15) is 0 Å². The van der Waals surface area contributed by atoms with Crippen LogP contribution in [0.15, 0.2) is 42.7 Å². The first-order valence-electron chi connectivity index (χ1n) is 7.29. The normalized spacial score (nSPS) is 10.9. The molecule has 106 valence electrons. The Labute approximate surface area is 124 Å². The van der Waals surface area contributed by atoms with Gasteiger partial charge in [-0.25, -0.2) is 0 Å². The third-order valence-electron chi connectivity index (χ3n) is 3.92. The second-order valence-electron chi connectivity index (χ2n) is 5.22. The van der Waals surface area contributed by atoms with Gasteiger partial charge in [0.2, 0.25) is 0 Å². The minimum Gasteiger partial charge on any atom is -0.358 e. The van der Waals surface area contributed by atoms with Crippen molar-refractivity contribution in [2.75, 3.05) is 0 Å². The van der Waals surface area contributed by atoms with Crippen LogP contribution >= 0.6 is 0 Å². The van der Waals surface area contributed by atoms with Gasteiger partial charge in [-0.2, -0.15) is 0 Å². The van der Waals surface area contributed by atoms with E-state index in [1.807, 2.05) is 18.3 Å². The number of para-hydroxylation sites is 1. The van der Waals surface area contributed by atoms with E-state index in [-0.39, 0.29) is 0 Å². The van der Waals surface area contributed by atoms with Crippen molar-refractivity contribution in [3.63, 3.8) is 0 Å². The number of hydrogen-bond donors (Lipinski definition) is 1. The molecule has 0 bridgehead atoms. The number of carbonyl (C=O) groups is 1. The Kier molecular flexibility index (Phi) is 3.82. The molecule has 0 saturated heterocycles. The number of H-pyrrole nitrogens is 1. The van der Waals surface area contributed by atoms with Crippen molar-refractivity contribution in [3.05, 3.63) is 65.1 Å². The topological polar surface area (TPSA) is 45.8 Å². The molecule has 0 aliphatic carbocycles. The summed E-state index contributed by atoms with van der Waals surface area (Å²) in [6.07, 6.45) is 7.09. The van der Waals surface area contributed by atoms with Crippen molar-refractivity contribution >= 4 is 17.2 Å². The maximum absolute atomic E-state index is 11.2. The number of fused-ring (bicyclic) bond motifs is 1. The van der Waals surface area contributed by atoms with Gasteiger partial charge in [0, 0.05) is 29.2 Å². The Balaban J connectivity index is 1.85. The molecule has 0 amide bonds. The van der Waals surface area contributed by atoms with Crippen LogP contribution in [0, 0.1) is 0 Å². The molecule has 0 unspecified atom stereocenters. The van der Waals surface area contributed by atoms with E-state index in [4.69, 9.17) is 0 Å². The van der Waals surface area contributed by atoms with Crippen LogP contribution in [0.3, 0.4) is 0 Å². The number of pyridine rings is 1. The summed E-state index contributed by atoms with van der Waals surface area (Å²) in [6, 6.07) is 10.5. The predicted octanol–water partition coefficient (Wildman–Crippen LogP) is 3.72. The first kappa shape index (κ1) is 13.6. The summed E-state index contributed by atoms with van der Waals surface area (Å²) in [7, 11) is 0. The molecule has 3 aromatic rings. The standard InChI is InChI=1S/C18H18N2O/c1-2-13-10-19-11-15(12-21)17(13)8-7-16-9-14-5-3-4-6-18(14)20-16/h3-6,9-12,20H,2,7-8H2,1H3. The van der Waals surface area contributed by atoms with Gasteiger partial charge in [-0.05, 0) is 47.9 Å². The van der Waals surface area contributed by atoms with E-state index in [1.54, 1.807) is 6.20 Å². The maximum atomic E-state index is 11.2. The fraction of sp³-hybridized carbons (Fsp3) is 0.222. The molecule has 0 fully saturated rings. The third kappa shape index (κ3) is 2.72. The van der Waals surface area contributed by atoms with Crippen LogP contribution in [0.25, 0.3) is 10.9 Å². The van der Waals surface area contributed by atoms with Crippen LogP contribution in [-0.4, -0.2) is 16.3 Å². The molecule has 0 aliphatic rings. The number of aromatic nitrogens is 2. The zero-order valence-electron chi connectivity index (χ0n) is 12.1. The SMILES string of the molecule is CCc1cncc(C=O)c1CCc1cc2ccccc2[nH]1. The number of aryl methyl sites for hydroxylation is 2. The van der Waals surface area contributed by atoms with Crippen molar-refractivity contribution < 1.29 is 4.79 Å². The van der Waals surface area contributed by atoms with Gasteiger partial charge in [-0.3, -0.25) is 9.78 Å². The van der Waals surface area contributed by atoms with Crippen molar-refractivity contribution in [2.24, 2.45) is 0 Å². The Hall–Kier alpha value is -2.42. The smallest absolute Gasteiger partial charge is 0.151 e. The molecule has 0 atom stereocenters. The van der Waals surface area contributed by atoms with Crippen molar-refractivity contribution in [1.29, 1.82) is 0 Å². The van der Waals surface area contributed by atoms with E-state index >= 15 is 0 Å². The lowest BCUT2D eigenvalue weighted by molar-refractivity contribution is 0.112. The maximum Gasteiger partial charge on any atom is 0.151 e. The monoisotopic (exact) mass is 278 g/mol. The van der Waals surface area contributed by atoms with Gasteiger partial charge in [-0.15, -0.1) is 0 Å². The summed E-state index contributed by atoms with van der Waals surface area (Å²) in [5, 5.41) is 1.23. The first-order chi connectivity index (χ1) is 10.3. The molecule has 0 spiro atoms. The molecule has 3 heteroatoms. The second kappa shape index (κ2) is 5.92. The fourth-order valence-electron chi connectivity index (χ4n) is 2.79. The molecule has 0 radical (unpaired) electrons. The molecule has 0 saturated carbocycles. The number of nitrogens with one attached hydrogen (secondary N) is 1. The third-order valence-corrected chi connectivity index (χ3v) is 3.92. The number of aromatic amines is 1. The lowest BCUT2D eigenvalue weighted by Gasteiger charge is -2.09. The molecule has 3 rings (SSSR count). The highest BCUT2D eigenvalue weighted by molar-refractivity contribution is 5.80. The average Bonchev–Trinajstić information content (AvgIpc) is 2.95. The van der Waals surface area contributed by atoms with Crippen molar-refractivity contribution in [2.45, 2.75) is 26.2 Å². The Bertz CT molecular complexity index is 741. The van der Waals surface area contributed by atoms with Crippen LogP contribution in [0.1, 0.15) is 34.1 Å². The summed E-state index contributed by atoms with van der Waals surface area (Å²) in [5.41, 5.74) is 5.36. The zero-order chi connectivity index (χ0) is 14.7. The van der Waals surface area contributed by atoms with Gasteiger partial charge >= 0.3 is 0 Å². The average molecular weight is 278 g/mol. The van der Waals surface area contributed by atoms with Crippen LogP contribution in [0.4, 0.5) is 0 Å². The van der Waals surface area contributed by atoms with E-state index in [1.165, 1.54) is 11.1 Å². The zero-order valence-corrected chi connectivity index (χ0v) is 12.1. The van der Waals surface area contributed by atoms with E-state index < -0.39 is 0 Å². The molecule has 0 aliphatic heterocycles. The van der Waals surface area contributed by atoms with Crippen LogP contribution < -0.4 is 0 Å². The summed E-state index contributed by atoms with van der Waals surface area (Å²) < 4.78 is 0. The van der Waals surface area contributed by atoms with Gasteiger partial charge < -0.3 is 4.98 Å². The highest BCUT2D eigenvalue weighted by atomic mass is 16.1. The predicted molar refractivity (Wildman–Crippen MR) is 84.7 cm³/mol. The molecule has 3 nitrogen and oxygen atoms in total. The number of nitrogens with zero attached hydrogens (tertiary/aromatic N) is 1. The van der Waals surface area contributed by atoms with Crippen molar-refractivity contribution in [1.82, 2.24) is 9.97 Å². The minimum atomic E-state index is 0.713. The Morgan fingerprint density at radius 3 is 2.81 bits per heavy atom. The largest absolute Gasteiger partial charge is 0.358 e. The Morgan fingerprint density at radius 1 is 1.19 bits per heavy atom. The highest BCUT2D eigenvalue weighted by Gasteiger charge is 2.09. The number of hydrogen-bond acceptors (Lipinski definition) is 2. The van der Waals surface area contributed by atoms with E-state index in [0.29, 0.717) is 5.56 Å². The second-order valence-corrected chi connectivity index (χ2v) is 5.22. The number of aldehydes is 1. The molecule has 1 N–H and O–H groups in total. The summed E-state index contributed by atoms with van der Waals surface area (Å²) in [6.45, 7) is 2.10. The minimum absolute atomic E-state index is 0.713. The Morgan fingerprint density at radius 2 is 2.05 bits per heavy atom. The number of benzene rings is 1. The van der Waals surface area contributed by atoms with Gasteiger partial charge in [-0.1, -0.05) is 25.1 Å². The molecular formula is C18H18N2O. The lowest BCUT2D eigenvalue weighted by Crippen LogP contribution is -2.02. The van der Waals surface area contributed by atoms with Crippen LogP contribution in [-0.2, 0) is 19.3 Å². The molecule has 21 heavy (non-hydrogen) atoms. The van der Waals surface area contributed by atoms with E-state index in [2.05, 4.69) is 35.1 Å².